The van der Waals surface area contributed by atoms with Crippen molar-refractivity contribution in [3.8, 4) is 17.1 Å². The average Bonchev–Trinajstić information content (AvgIpc) is 3.21. The lowest BCUT2D eigenvalue weighted by Gasteiger charge is -2.48. The molecule has 0 aliphatic heterocycles. The Morgan fingerprint density at radius 1 is 1.25 bits per heavy atom. The van der Waals surface area contributed by atoms with Crippen molar-refractivity contribution in [3.05, 3.63) is 23.5 Å². The van der Waals surface area contributed by atoms with E-state index in [9.17, 15) is 14.7 Å². The summed E-state index contributed by atoms with van der Waals surface area (Å²) < 4.78 is 13.4. The van der Waals surface area contributed by atoms with Crippen LogP contribution in [-0.4, -0.2) is 60.7 Å². The van der Waals surface area contributed by atoms with E-state index in [1.165, 1.54) is 0 Å². The Kier molecular flexibility index (Phi) is 7.80. The number of rotatable bonds is 9. The number of amides is 1. The maximum atomic E-state index is 12.8. The zero-order valence-corrected chi connectivity index (χ0v) is 21.7. The molecule has 2 heterocycles. The van der Waals surface area contributed by atoms with Crippen LogP contribution in [0.1, 0.15) is 76.1 Å². The van der Waals surface area contributed by atoms with E-state index in [0.29, 0.717) is 41.4 Å². The van der Waals surface area contributed by atoms with E-state index < -0.39 is 5.97 Å². The summed E-state index contributed by atoms with van der Waals surface area (Å²) >= 11 is 0. The Bertz CT molecular complexity index is 1100. The third kappa shape index (κ3) is 5.32. The van der Waals surface area contributed by atoms with Gasteiger partial charge in [0.2, 0.25) is 0 Å². The van der Waals surface area contributed by atoms with Crippen LogP contribution in [0.4, 0.5) is 4.79 Å². The van der Waals surface area contributed by atoms with E-state index in [2.05, 4.69) is 22.2 Å². The van der Waals surface area contributed by atoms with Crippen molar-refractivity contribution in [2.75, 3.05) is 7.05 Å². The van der Waals surface area contributed by atoms with Gasteiger partial charge in [-0.15, -0.1) is 5.10 Å². The van der Waals surface area contributed by atoms with Crippen LogP contribution in [0.2, 0.25) is 0 Å². The highest BCUT2D eigenvalue weighted by Gasteiger charge is 2.42. The number of carboxylic acids is 1. The van der Waals surface area contributed by atoms with Crippen molar-refractivity contribution < 1.29 is 24.2 Å². The second kappa shape index (κ2) is 10.8. The largest absolute Gasteiger partial charge is 0.489 e. The van der Waals surface area contributed by atoms with E-state index in [-0.39, 0.29) is 30.3 Å². The molecule has 2 aromatic heterocycles. The molecule has 2 saturated carbocycles. The van der Waals surface area contributed by atoms with Crippen LogP contribution in [0.15, 0.2) is 12.1 Å². The van der Waals surface area contributed by atoms with E-state index >= 15 is 0 Å². The highest BCUT2D eigenvalue weighted by atomic mass is 16.6. The number of hydrogen-bond donors (Lipinski definition) is 1. The summed E-state index contributed by atoms with van der Waals surface area (Å²) in [5.74, 6) is -0.486. The van der Waals surface area contributed by atoms with Crippen LogP contribution in [0.3, 0.4) is 0 Å². The standard InChI is InChI=1S/C26H37N5O5/c1-5-12-26(13-7-14-26)30(3)25(34)35-16-21-23(28-29-31(21)4)20-10-11-22(17(2)27-20)36-19-9-6-8-18(15-19)24(32)33/h10-11,18-19H,5-9,12-16H2,1-4H3,(H,32,33)/t18-,19-/m0/s1. The number of aromatic nitrogens is 4. The van der Waals surface area contributed by atoms with Crippen molar-refractivity contribution in [1.29, 1.82) is 0 Å². The van der Waals surface area contributed by atoms with Crippen molar-refractivity contribution in [1.82, 2.24) is 24.9 Å². The number of carboxylic acid groups (broad SMARTS) is 1. The molecule has 1 amide bonds. The van der Waals surface area contributed by atoms with Gasteiger partial charge in [0, 0.05) is 19.6 Å². The number of carbonyl (C=O) groups is 2. The van der Waals surface area contributed by atoms with Gasteiger partial charge in [-0.1, -0.05) is 18.6 Å². The number of ether oxygens (including phenoxy) is 2. The Morgan fingerprint density at radius 3 is 2.67 bits per heavy atom. The van der Waals surface area contributed by atoms with Gasteiger partial charge in [-0.25, -0.2) is 14.5 Å². The van der Waals surface area contributed by atoms with Gasteiger partial charge >= 0.3 is 12.1 Å². The SMILES string of the molecule is CCCC1(N(C)C(=O)OCc2c(-c3ccc(O[C@H]4CCC[C@H](C(=O)O)C4)c(C)n3)nnn2C)CCC1. The van der Waals surface area contributed by atoms with Crippen LogP contribution >= 0.6 is 0 Å². The first-order valence-electron chi connectivity index (χ1n) is 12.9. The highest BCUT2D eigenvalue weighted by Crippen LogP contribution is 2.41. The second-order valence-electron chi connectivity index (χ2n) is 10.2. The predicted molar refractivity (Wildman–Crippen MR) is 132 cm³/mol. The molecule has 0 unspecified atom stereocenters. The van der Waals surface area contributed by atoms with Gasteiger partial charge < -0.3 is 19.5 Å². The summed E-state index contributed by atoms with van der Waals surface area (Å²) in [6, 6.07) is 3.65. The first kappa shape index (κ1) is 25.9. The van der Waals surface area contributed by atoms with Gasteiger partial charge in [0.25, 0.3) is 0 Å². The fraction of sp³-hybridized carbons (Fsp3) is 0.654. The van der Waals surface area contributed by atoms with Crippen molar-refractivity contribution in [3.63, 3.8) is 0 Å². The molecule has 2 aliphatic carbocycles. The van der Waals surface area contributed by atoms with Crippen molar-refractivity contribution in [2.24, 2.45) is 13.0 Å². The van der Waals surface area contributed by atoms with E-state index in [0.717, 1.165) is 44.9 Å². The third-order valence-electron chi connectivity index (χ3n) is 7.81. The molecule has 36 heavy (non-hydrogen) atoms. The minimum absolute atomic E-state index is 0.0435. The lowest BCUT2D eigenvalue weighted by atomic mass is 9.73. The molecule has 0 bridgehead atoms. The number of carbonyl (C=O) groups excluding carboxylic acids is 1. The molecule has 0 aromatic carbocycles. The van der Waals surface area contributed by atoms with Gasteiger partial charge in [-0.2, -0.15) is 0 Å². The predicted octanol–water partition coefficient (Wildman–Crippen LogP) is 4.50. The van der Waals surface area contributed by atoms with Crippen LogP contribution < -0.4 is 4.74 Å². The number of aryl methyl sites for hydroxylation is 2. The van der Waals surface area contributed by atoms with Crippen LogP contribution in [0, 0.1) is 12.8 Å². The van der Waals surface area contributed by atoms with Gasteiger partial charge in [-0.05, 0) is 70.4 Å². The maximum Gasteiger partial charge on any atom is 0.410 e. The summed E-state index contributed by atoms with van der Waals surface area (Å²) in [5.41, 5.74) is 2.42. The molecule has 196 valence electrons. The summed E-state index contributed by atoms with van der Waals surface area (Å²) in [4.78, 5) is 30.7. The normalized spacial score (nSPS) is 20.9. The molecule has 2 atom stereocenters. The van der Waals surface area contributed by atoms with Crippen molar-refractivity contribution >= 4 is 12.1 Å². The van der Waals surface area contributed by atoms with Crippen LogP contribution in [0.5, 0.6) is 5.75 Å². The smallest absolute Gasteiger partial charge is 0.410 e. The third-order valence-corrected chi connectivity index (χ3v) is 7.81. The van der Waals surface area contributed by atoms with Gasteiger partial charge in [0.05, 0.1) is 23.4 Å². The maximum absolute atomic E-state index is 12.8. The van der Waals surface area contributed by atoms with Crippen LogP contribution in [0.25, 0.3) is 11.4 Å². The monoisotopic (exact) mass is 499 g/mol. The second-order valence-corrected chi connectivity index (χ2v) is 10.2. The van der Waals surface area contributed by atoms with Crippen LogP contribution in [-0.2, 0) is 23.2 Å². The molecule has 2 aliphatic rings. The number of pyridine rings is 1. The fourth-order valence-corrected chi connectivity index (χ4v) is 5.42. The minimum atomic E-state index is -0.760. The molecular weight excluding hydrogens is 462 g/mol. The van der Waals surface area contributed by atoms with E-state index in [1.54, 1.807) is 16.6 Å². The molecule has 0 saturated heterocycles. The van der Waals surface area contributed by atoms with Crippen molar-refractivity contribution in [2.45, 2.75) is 89.9 Å². The molecule has 4 rings (SSSR count). The van der Waals surface area contributed by atoms with E-state index in [1.807, 2.05) is 26.1 Å². The molecule has 0 spiro atoms. The summed E-state index contributed by atoms with van der Waals surface area (Å²) in [6.07, 6.45) is 7.56. The number of hydrogen-bond acceptors (Lipinski definition) is 7. The van der Waals surface area contributed by atoms with E-state index in [4.69, 9.17) is 9.47 Å². The minimum Gasteiger partial charge on any atom is -0.489 e. The number of nitrogens with zero attached hydrogens (tertiary/aromatic N) is 5. The Morgan fingerprint density at radius 2 is 2.03 bits per heavy atom. The zero-order chi connectivity index (χ0) is 25.9. The van der Waals surface area contributed by atoms with Gasteiger partial charge in [-0.3, -0.25) is 4.79 Å². The Labute approximate surface area is 212 Å². The highest BCUT2D eigenvalue weighted by molar-refractivity contribution is 5.70. The molecule has 2 aromatic rings. The number of aliphatic carboxylic acids is 1. The molecule has 2 fully saturated rings. The Balaban J connectivity index is 1.43. The topological polar surface area (TPSA) is 120 Å². The Hall–Kier alpha value is -3.17. The lowest BCUT2D eigenvalue weighted by Crippen LogP contribution is -2.54. The zero-order valence-electron chi connectivity index (χ0n) is 21.7. The molecule has 0 radical (unpaired) electrons. The average molecular weight is 500 g/mol. The van der Waals surface area contributed by atoms with Gasteiger partial charge in [0.1, 0.15) is 23.7 Å². The fourth-order valence-electron chi connectivity index (χ4n) is 5.42. The molecular formula is C26H37N5O5. The van der Waals surface area contributed by atoms with Gasteiger partial charge in [0.15, 0.2) is 0 Å². The summed E-state index contributed by atoms with van der Waals surface area (Å²) in [5, 5.41) is 17.7. The first-order chi connectivity index (χ1) is 17.2. The quantitative estimate of drug-likeness (QED) is 0.536. The lowest BCUT2D eigenvalue weighted by molar-refractivity contribution is -0.143. The first-order valence-corrected chi connectivity index (χ1v) is 12.9. The molecule has 1 N–H and O–H groups in total. The summed E-state index contributed by atoms with van der Waals surface area (Å²) in [7, 11) is 3.59. The molecule has 10 nitrogen and oxygen atoms in total. The summed E-state index contributed by atoms with van der Waals surface area (Å²) in [6.45, 7) is 4.04. The molecule has 10 heteroatoms.